The van der Waals surface area contributed by atoms with Crippen LogP contribution in [-0.4, -0.2) is 20.0 Å². The Morgan fingerprint density at radius 3 is 2.61 bits per heavy atom. The van der Waals surface area contributed by atoms with Crippen LogP contribution in [-0.2, 0) is 10.1 Å². The van der Waals surface area contributed by atoms with Gasteiger partial charge in [0, 0.05) is 6.07 Å². The Bertz CT molecular complexity index is 879. The highest BCUT2D eigenvalue weighted by Gasteiger charge is 2.21. The van der Waals surface area contributed by atoms with Crippen molar-refractivity contribution in [3.05, 3.63) is 46.2 Å². The predicted molar refractivity (Wildman–Crippen MR) is 84.4 cm³/mol. The average Bonchev–Trinajstić information content (AvgIpc) is 2.51. The standard InChI is InChI=1S/C14H10Cl2N2O4S/c1-2-21-13-5-9(7-17)3-4-12(13)22-23(19,20)10-6-11(15)14(16)18-8-10/h3-6,8H,2H2,1H3. The topological polar surface area (TPSA) is 89.3 Å². The summed E-state index contributed by atoms with van der Waals surface area (Å²) in [6, 6.07) is 7.22. The van der Waals surface area contributed by atoms with Crippen LogP contribution in [0.3, 0.4) is 0 Å². The third kappa shape index (κ3) is 4.05. The first-order valence-corrected chi connectivity index (χ1v) is 8.46. The first kappa shape index (κ1) is 17.3. The van der Waals surface area contributed by atoms with Gasteiger partial charge in [0.2, 0.25) is 0 Å². The summed E-state index contributed by atoms with van der Waals surface area (Å²) in [4.78, 5) is 3.42. The molecule has 6 nitrogen and oxygen atoms in total. The molecule has 23 heavy (non-hydrogen) atoms. The predicted octanol–water partition coefficient (Wildman–Crippen LogP) is 3.43. The van der Waals surface area contributed by atoms with Crippen molar-refractivity contribution in [2.75, 3.05) is 6.61 Å². The first-order chi connectivity index (χ1) is 10.9. The molecule has 0 bridgehead atoms. The van der Waals surface area contributed by atoms with Gasteiger partial charge < -0.3 is 8.92 Å². The summed E-state index contributed by atoms with van der Waals surface area (Å²) in [5, 5.41) is 8.86. The molecule has 120 valence electrons. The number of rotatable bonds is 5. The van der Waals surface area contributed by atoms with Crippen molar-refractivity contribution >= 4 is 33.3 Å². The molecule has 0 unspecified atom stereocenters. The third-order valence-electron chi connectivity index (χ3n) is 2.63. The molecule has 2 aromatic rings. The van der Waals surface area contributed by atoms with Crippen molar-refractivity contribution < 1.29 is 17.3 Å². The summed E-state index contributed by atoms with van der Waals surface area (Å²) in [5.74, 6) is 0.0973. The van der Waals surface area contributed by atoms with Crippen LogP contribution in [0.15, 0.2) is 35.4 Å². The maximum atomic E-state index is 12.3. The summed E-state index contributed by atoms with van der Waals surface area (Å²) in [6.45, 7) is 2.00. The van der Waals surface area contributed by atoms with Gasteiger partial charge in [0.1, 0.15) is 10.0 Å². The highest BCUT2D eigenvalue weighted by molar-refractivity contribution is 7.87. The second-order valence-electron chi connectivity index (χ2n) is 4.19. The number of nitriles is 1. The Morgan fingerprint density at radius 2 is 2.00 bits per heavy atom. The van der Waals surface area contributed by atoms with Crippen molar-refractivity contribution in [2.45, 2.75) is 11.8 Å². The molecule has 0 N–H and O–H groups in total. The largest absolute Gasteiger partial charge is 0.490 e. The van der Waals surface area contributed by atoms with Gasteiger partial charge in [-0.3, -0.25) is 0 Å². The van der Waals surface area contributed by atoms with E-state index < -0.39 is 10.1 Å². The fraction of sp³-hybridized carbons (Fsp3) is 0.143. The summed E-state index contributed by atoms with van der Waals surface area (Å²) in [7, 11) is -4.18. The molecule has 1 aromatic carbocycles. The van der Waals surface area contributed by atoms with Gasteiger partial charge in [0.25, 0.3) is 0 Å². The third-order valence-corrected chi connectivity index (χ3v) is 4.52. The Morgan fingerprint density at radius 1 is 1.26 bits per heavy atom. The fourth-order valence-corrected chi connectivity index (χ4v) is 2.87. The average molecular weight is 373 g/mol. The quantitative estimate of drug-likeness (QED) is 0.589. The lowest BCUT2D eigenvalue weighted by Crippen LogP contribution is -2.11. The van der Waals surface area contributed by atoms with Gasteiger partial charge in [-0.2, -0.15) is 13.7 Å². The van der Waals surface area contributed by atoms with Crippen molar-refractivity contribution in [3.8, 4) is 17.6 Å². The van der Waals surface area contributed by atoms with Gasteiger partial charge in [-0.15, -0.1) is 0 Å². The molecule has 0 saturated carbocycles. The summed E-state index contributed by atoms with van der Waals surface area (Å²) in [6.07, 6.45) is 1.04. The molecule has 0 fully saturated rings. The molecule has 0 atom stereocenters. The zero-order valence-corrected chi connectivity index (χ0v) is 14.1. The van der Waals surface area contributed by atoms with E-state index >= 15 is 0 Å². The van der Waals surface area contributed by atoms with Crippen LogP contribution >= 0.6 is 23.2 Å². The zero-order chi connectivity index (χ0) is 17.0. The van der Waals surface area contributed by atoms with Crippen LogP contribution in [0.5, 0.6) is 11.5 Å². The van der Waals surface area contributed by atoms with Gasteiger partial charge in [0.05, 0.1) is 29.5 Å². The summed E-state index contributed by atoms with van der Waals surface area (Å²) >= 11 is 11.4. The molecule has 9 heteroatoms. The van der Waals surface area contributed by atoms with Crippen LogP contribution in [0.1, 0.15) is 12.5 Å². The fourth-order valence-electron chi connectivity index (χ4n) is 1.62. The highest BCUT2D eigenvalue weighted by atomic mass is 35.5. The van der Waals surface area contributed by atoms with Gasteiger partial charge in [0.15, 0.2) is 11.5 Å². The van der Waals surface area contributed by atoms with Crippen molar-refractivity contribution in [3.63, 3.8) is 0 Å². The van der Waals surface area contributed by atoms with E-state index in [-0.39, 0.29) is 33.2 Å². The number of pyridine rings is 1. The molecular weight excluding hydrogens is 363 g/mol. The minimum Gasteiger partial charge on any atom is -0.490 e. The monoisotopic (exact) mass is 372 g/mol. The van der Waals surface area contributed by atoms with E-state index in [2.05, 4.69) is 4.98 Å². The number of hydrogen-bond donors (Lipinski definition) is 0. The van der Waals surface area contributed by atoms with E-state index in [1.165, 1.54) is 18.2 Å². The lowest BCUT2D eigenvalue weighted by Gasteiger charge is -2.12. The molecule has 0 amide bonds. The minimum atomic E-state index is -4.18. The lowest BCUT2D eigenvalue weighted by atomic mass is 10.2. The Labute approximate surface area is 143 Å². The molecule has 2 rings (SSSR count). The van der Waals surface area contributed by atoms with E-state index in [1.54, 1.807) is 6.92 Å². The molecule has 0 saturated heterocycles. The molecule has 0 aliphatic carbocycles. The summed E-state index contributed by atoms with van der Waals surface area (Å²) in [5.41, 5.74) is 0.314. The van der Waals surface area contributed by atoms with Gasteiger partial charge in [-0.05, 0) is 25.1 Å². The van der Waals surface area contributed by atoms with Crippen LogP contribution in [0.4, 0.5) is 0 Å². The second kappa shape index (κ2) is 7.04. The Balaban J connectivity index is 2.40. The van der Waals surface area contributed by atoms with E-state index in [4.69, 9.17) is 37.4 Å². The molecule has 0 aliphatic rings. The molecule has 0 aliphatic heterocycles. The molecule has 0 radical (unpaired) electrons. The van der Waals surface area contributed by atoms with E-state index in [1.807, 2.05) is 6.07 Å². The molecule has 0 spiro atoms. The normalized spacial score (nSPS) is 10.9. The van der Waals surface area contributed by atoms with Gasteiger partial charge >= 0.3 is 10.1 Å². The van der Waals surface area contributed by atoms with E-state index in [9.17, 15) is 8.42 Å². The maximum Gasteiger partial charge on any atom is 0.340 e. The van der Waals surface area contributed by atoms with Gasteiger partial charge in [-0.1, -0.05) is 23.2 Å². The van der Waals surface area contributed by atoms with Crippen molar-refractivity contribution in [1.82, 2.24) is 4.98 Å². The van der Waals surface area contributed by atoms with E-state index in [0.717, 1.165) is 12.3 Å². The Kier molecular flexibility index (Phi) is 5.31. The number of nitrogens with zero attached hydrogens (tertiary/aromatic N) is 2. The maximum absolute atomic E-state index is 12.3. The van der Waals surface area contributed by atoms with Crippen LogP contribution in [0.2, 0.25) is 10.2 Å². The molecular formula is C14H10Cl2N2O4S. The number of aromatic nitrogens is 1. The van der Waals surface area contributed by atoms with Gasteiger partial charge in [-0.25, -0.2) is 4.98 Å². The SMILES string of the molecule is CCOc1cc(C#N)ccc1OS(=O)(=O)c1cnc(Cl)c(Cl)c1. The van der Waals surface area contributed by atoms with Crippen LogP contribution in [0.25, 0.3) is 0 Å². The van der Waals surface area contributed by atoms with Crippen molar-refractivity contribution in [1.29, 1.82) is 5.26 Å². The lowest BCUT2D eigenvalue weighted by molar-refractivity contribution is 0.327. The molecule has 1 heterocycles. The van der Waals surface area contributed by atoms with E-state index in [0.29, 0.717) is 5.56 Å². The zero-order valence-electron chi connectivity index (χ0n) is 11.8. The number of halogens is 2. The second-order valence-corrected chi connectivity index (χ2v) is 6.50. The number of ether oxygens (including phenoxy) is 1. The highest BCUT2D eigenvalue weighted by Crippen LogP contribution is 2.31. The van der Waals surface area contributed by atoms with Crippen LogP contribution < -0.4 is 8.92 Å². The van der Waals surface area contributed by atoms with Crippen molar-refractivity contribution in [2.24, 2.45) is 0 Å². The number of hydrogen-bond acceptors (Lipinski definition) is 6. The Hall–Kier alpha value is -2.01. The number of benzene rings is 1. The van der Waals surface area contributed by atoms with Crippen LogP contribution in [0, 0.1) is 11.3 Å². The smallest absolute Gasteiger partial charge is 0.340 e. The summed E-state index contributed by atoms with van der Waals surface area (Å²) < 4.78 is 34.9. The minimum absolute atomic E-state index is 0.0128. The first-order valence-electron chi connectivity index (χ1n) is 6.30. The molecule has 1 aromatic heterocycles.